The third-order valence-corrected chi connectivity index (χ3v) is 8.96. The molecule has 0 bridgehead atoms. The van der Waals surface area contributed by atoms with Gasteiger partial charge < -0.3 is 19.9 Å². The molecule has 0 fully saturated rings. The zero-order valence-corrected chi connectivity index (χ0v) is 25.7. The van der Waals surface area contributed by atoms with Gasteiger partial charge in [0.05, 0.1) is 23.6 Å². The van der Waals surface area contributed by atoms with Gasteiger partial charge in [0.15, 0.2) is 21.3 Å². The summed E-state index contributed by atoms with van der Waals surface area (Å²) in [6.45, 7) is 6.65. The number of hydrogen-bond acceptors (Lipinski definition) is 9. The molecule has 1 unspecified atom stereocenters. The fourth-order valence-corrected chi connectivity index (χ4v) is 6.55. The van der Waals surface area contributed by atoms with Gasteiger partial charge in [0.1, 0.15) is 5.37 Å². The van der Waals surface area contributed by atoms with Gasteiger partial charge in [-0.2, -0.15) is 0 Å². The van der Waals surface area contributed by atoms with E-state index in [0.717, 1.165) is 28.8 Å². The fraction of sp³-hybridized carbons (Fsp3) is 0.517. The van der Waals surface area contributed by atoms with Gasteiger partial charge in [0.2, 0.25) is 5.91 Å². The molecule has 0 aliphatic carbocycles. The Balaban J connectivity index is 1.89. The minimum Gasteiger partial charge on any atom is -0.395 e. The lowest BCUT2D eigenvalue weighted by Crippen LogP contribution is -2.60. The first-order valence-electron chi connectivity index (χ1n) is 14.0. The molecular formula is C29H40F2N4O7S. The average molecular weight is 627 g/mol. The van der Waals surface area contributed by atoms with E-state index in [1.807, 2.05) is 32.0 Å². The number of alkyl halides is 2. The first kappa shape index (κ1) is 34.2. The smallest absolute Gasteiger partial charge is 0.395 e. The van der Waals surface area contributed by atoms with E-state index >= 15 is 0 Å². The van der Waals surface area contributed by atoms with Gasteiger partial charge in [0.25, 0.3) is 5.91 Å². The Hall–Kier alpha value is -3.33. The van der Waals surface area contributed by atoms with Crippen LogP contribution in [-0.4, -0.2) is 74.3 Å². The average Bonchev–Trinajstić information content (AvgIpc) is 3.23. The van der Waals surface area contributed by atoms with Crippen molar-refractivity contribution in [3.63, 3.8) is 0 Å². The van der Waals surface area contributed by atoms with Crippen molar-refractivity contribution in [1.82, 2.24) is 21.1 Å². The molecule has 0 saturated heterocycles. The van der Waals surface area contributed by atoms with Crippen LogP contribution in [0.3, 0.4) is 0 Å². The molecule has 1 heterocycles. The molecule has 0 radical (unpaired) electrons. The number of aliphatic hydroxyl groups is 1. The lowest BCUT2D eigenvalue weighted by atomic mass is 9.99. The molecule has 0 saturated carbocycles. The van der Waals surface area contributed by atoms with Gasteiger partial charge in [-0.1, -0.05) is 58.0 Å². The van der Waals surface area contributed by atoms with Gasteiger partial charge in [-0.05, 0) is 43.0 Å². The highest BCUT2D eigenvalue weighted by Crippen LogP contribution is 2.42. The number of amides is 2. The highest BCUT2D eigenvalue weighted by molar-refractivity contribution is 7.92. The SMILES string of the molecule is CNCC(=O)NN(C(=O)CC(C)C)[C@@H](Cc1ccccc1)[C@H](O)CNC(C(C)C)S(=O)(=O)c1ccc2c(c1)OC(F)(F)O2. The number of nitrogens with one attached hydrogen (secondary N) is 3. The normalized spacial score (nSPS) is 16.1. The Morgan fingerprint density at radius 1 is 1.02 bits per heavy atom. The van der Waals surface area contributed by atoms with Crippen LogP contribution >= 0.6 is 0 Å². The molecule has 1 aliphatic rings. The topological polar surface area (TPSA) is 146 Å². The minimum absolute atomic E-state index is 0.0408. The van der Waals surface area contributed by atoms with E-state index in [-0.39, 0.29) is 42.5 Å². The number of hydrogen-bond donors (Lipinski definition) is 4. The van der Waals surface area contributed by atoms with Gasteiger partial charge >= 0.3 is 6.29 Å². The second-order valence-electron chi connectivity index (χ2n) is 11.1. The molecule has 4 N–H and O–H groups in total. The van der Waals surface area contributed by atoms with Crippen molar-refractivity contribution >= 4 is 21.7 Å². The predicted molar refractivity (Wildman–Crippen MR) is 155 cm³/mol. The van der Waals surface area contributed by atoms with Crippen LogP contribution in [0, 0.1) is 11.8 Å². The van der Waals surface area contributed by atoms with E-state index in [1.165, 1.54) is 0 Å². The lowest BCUT2D eigenvalue weighted by Gasteiger charge is -2.36. The van der Waals surface area contributed by atoms with E-state index < -0.39 is 57.1 Å². The van der Waals surface area contributed by atoms with E-state index in [2.05, 4.69) is 25.5 Å². The lowest BCUT2D eigenvalue weighted by molar-refractivity contribution is -0.286. The van der Waals surface area contributed by atoms with Gasteiger partial charge in [0, 0.05) is 19.0 Å². The van der Waals surface area contributed by atoms with Crippen LogP contribution in [0.1, 0.15) is 39.7 Å². The van der Waals surface area contributed by atoms with Crippen molar-refractivity contribution in [2.24, 2.45) is 11.8 Å². The number of nitrogens with zero attached hydrogens (tertiary/aromatic N) is 1. The number of ether oxygens (including phenoxy) is 2. The number of halogens is 2. The summed E-state index contributed by atoms with van der Waals surface area (Å²) in [5.74, 6) is -2.16. The molecule has 11 nitrogen and oxygen atoms in total. The van der Waals surface area contributed by atoms with Crippen LogP contribution in [0.5, 0.6) is 11.5 Å². The molecule has 43 heavy (non-hydrogen) atoms. The Kier molecular flexibility index (Phi) is 11.5. The Bertz CT molecular complexity index is 1360. The maximum absolute atomic E-state index is 13.6. The number of benzene rings is 2. The number of carbonyl (C=O) groups is 2. The first-order valence-corrected chi connectivity index (χ1v) is 15.5. The predicted octanol–water partition coefficient (Wildman–Crippen LogP) is 2.45. The summed E-state index contributed by atoms with van der Waals surface area (Å²) in [6.07, 6.45) is -4.99. The van der Waals surface area contributed by atoms with Crippen molar-refractivity contribution in [2.45, 2.75) is 69.2 Å². The first-order chi connectivity index (χ1) is 20.1. The third kappa shape index (κ3) is 9.08. The molecule has 0 spiro atoms. The van der Waals surface area contributed by atoms with Crippen molar-refractivity contribution in [3.8, 4) is 11.5 Å². The summed E-state index contributed by atoms with van der Waals surface area (Å²) in [7, 11) is -2.60. The van der Waals surface area contributed by atoms with Crippen molar-refractivity contribution in [1.29, 1.82) is 0 Å². The van der Waals surface area contributed by atoms with Crippen molar-refractivity contribution in [3.05, 3.63) is 54.1 Å². The standard InChI is InChI=1S/C29H40F2N4O7S/c1-18(2)13-27(38)35(34-26(37)17-32-5)22(14-20-9-7-6-8-10-20)23(36)16-33-28(19(3)4)43(39,40)21-11-12-24-25(15-21)42-29(30,31)41-24/h6-12,15,18-19,22-23,28,32-33,36H,13-14,16-17H2,1-5H3,(H,34,37)/t22-,23+,28?/m0/s1. The van der Waals surface area contributed by atoms with Crippen LogP contribution in [0.15, 0.2) is 53.4 Å². The van der Waals surface area contributed by atoms with Crippen LogP contribution < -0.4 is 25.5 Å². The van der Waals surface area contributed by atoms with E-state index in [1.54, 1.807) is 33.0 Å². The molecule has 0 aromatic heterocycles. The highest BCUT2D eigenvalue weighted by Gasteiger charge is 2.44. The molecule has 2 amide bonds. The van der Waals surface area contributed by atoms with E-state index in [9.17, 15) is 31.9 Å². The van der Waals surface area contributed by atoms with Crippen LogP contribution in [0.2, 0.25) is 0 Å². The van der Waals surface area contributed by atoms with Gasteiger partial charge in [-0.3, -0.25) is 20.3 Å². The van der Waals surface area contributed by atoms with Crippen LogP contribution in [0.4, 0.5) is 8.78 Å². The maximum Gasteiger partial charge on any atom is 0.586 e. The van der Waals surface area contributed by atoms with Gasteiger partial charge in [-0.25, -0.2) is 13.4 Å². The molecule has 2 aromatic rings. The number of rotatable bonds is 14. The van der Waals surface area contributed by atoms with Crippen molar-refractivity contribution in [2.75, 3.05) is 20.1 Å². The molecule has 3 rings (SSSR count). The highest BCUT2D eigenvalue weighted by atomic mass is 32.2. The second kappa shape index (κ2) is 14.4. The molecule has 2 aromatic carbocycles. The summed E-state index contributed by atoms with van der Waals surface area (Å²) < 4.78 is 63.1. The number of aliphatic hydroxyl groups excluding tert-OH is 1. The third-order valence-electron chi connectivity index (χ3n) is 6.67. The summed E-state index contributed by atoms with van der Waals surface area (Å²) in [4.78, 5) is 25.6. The summed E-state index contributed by atoms with van der Waals surface area (Å²) in [6, 6.07) is 11.3. The molecule has 238 valence electrons. The van der Waals surface area contributed by atoms with Crippen LogP contribution in [-0.2, 0) is 25.8 Å². The van der Waals surface area contributed by atoms with E-state index in [0.29, 0.717) is 0 Å². The van der Waals surface area contributed by atoms with Gasteiger partial charge in [-0.15, -0.1) is 8.78 Å². The summed E-state index contributed by atoms with van der Waals surface area (Å²) in [5.41, 5.74) is 3.39. The van der Waals surface area contributed by atoms with Crippen LogP contribution in [0.25, 0.3) is 0 Å². The number of carbonyl (C=O) groups excluding carboxylic acids is 2. The summed E-state index contributed by atoms with van der Waals surface area (Å²) >= 11 is 0. The minimum atomic E-state index is -4.18. The number of hydrazine groups is 1. The summed E-state index contributed by atoms with van der Waals surface area (Å²) in [5, 5.41) is 17.0. The van der Waals surface area contributed by atoms with E-state index in [4.69, 9.17) is 0 Å². The Labute approximate surface area is 250 Å². The molecular weight excluding hydrogens is 586 g/mol. The Morgan fingerprint density at radius 2 is 1.67 bits per heavy atom. The quantitative estimate of drug-likeness (QED) is 0.232. The van der Waals surface area contributed by atoms with Crippen molar-refractivity contribution < 1.29 is 41.4 Å². The molecule has 1 aliphatic heterocycles. The zero-order chi connectivity index (χ0) is 31.9. The maximum atomic E-state index is 13.6. The fourth-order valence-electron chi connectivity index (χ4n) is 4.70. The monoisotopic (exact) mass is 626 g/mol. The molecule has 3 atom stereocenters. The molecule has 14 heteroatoms. The number of likely N-dealkylation sites (N-methyl/N-ethyl adjacent to an activating group) is 1. The zero-order valence-electron chi connectivity index (χ0n) is 24.8. The second-order valence-corrected chi connectivity index (χ2v) is 13.2. The number of sulfone groups is 1. The Morgan fingerprint density at radius 3 is 2.28 bits per heavy atom. The number of fused-ring (bicyclic) bond motifs is 1. The largest absolute Gasteiger partial charge is 0.586 e.